The Morgan fingerprint density at radius 2 is 2.14 bits per heavy atom. The molecule has 0 aromatic carbocycles. The Hall–Kier alpha value is -2.90. The molecule has 0 unspecified atom stereocenters. The van der Waals surface area contributed by atoms with E-state index in [4.69, 9.17) is 8.94 Å². The molecule has 0 bridgehead atoms. The molecule has 3 rings (SSSR count). The zero-order valence-corrected chi connectivity index (χ0v) is 11.5. The second kappa shape index (κ2) is 7.63. The molecule has 1 N–H and O–H groups in total. The Morgan fingerprint density at radius 3 is 2.71 bits per heavy atom. The largest absolute Gasteiger partial charge is 0.461 e. The molecule has 0 aliphatic carbocycles. The van der Waals surface area contributed by atoms with Crippen LogP contribution < -0.4 is 5.32 Å². The predicted octanol–water partition coefficient (Wildman–Crippen LogP) is 1.27. The second-order valence-electron chi connectivity index (χ2n) is 4.01. The van der Waals surface area contributed by atoms with Crippen LogP contribution in [0.15, 0.2) is 45.8 Å². The molecule has 0 saturated carbocycles. The normalized spacial score (nSPS) is 9.76. The van der Waals surface area contributed by atoms with E-state index in [2.05, 4.69) is 20.7 Å². The Labute approximate surface area is 120 Å². The first-order valence-electron chi connectivity index (χ1n) is 6.28. The number of aryl methyl sites for hydroxylation is 1. The van der Waals surface area contributed by atoms with Crippen molar-refractivity contribution in [1.82, 2.24) is 25.5 Å². The summed E-state index contributed by atoms with van der Waals surface area (Å²) in [5, 5.41) is 13.9. The van der Waals surface area contributed by atoms with Crippen molar-refractivity contribution < 1.29 is 13.7 Å². The zero-order chi connectivity index (χ0) is 14.9. The molecule has 0 fully saturated rings. The number of carbonyl (C=O) groups excluding carboxylic acids is 1. The van der Waals surface area contributed by atoms with Gasteiger partial charge in [-0.2, -0.15) is 15.0 Å². The van der Waals surface area contributed by atoms with Crippen LogP contribution in [0.3, 0.4) is 0 Å². The van der Waals surface area contributed by atoms with Crippen molar-refractivity contribution in [2.45, 2.75) is 13.5 Å². The SMILES string of the molecule is Cc1cc(-c2ccco2)on1.O=CNCCn1nccn1. The van der Waals surface area contributed by atoms with Gasteiger partial charge in [0.05, 0.1) is 30.9 Å². The summed E-state index contributed by atoms with van der Waals surface area (Å²) in [6, 6.07) is 5.48. The number of rotatable bonds is 5. The standard InChI is InChI=1S/C8H7NO2.C5H8N4O/c1-6-5-8(11-9-6)7-3-2-4-10-7;10-5-6-3-4-9-7-1-2-8-9/h2-5H,1H3;1-2,5H,3-4H2,(H,6,10). The van der Waals surface area contributed by atoms with Crippen LogP contribution in [0.1, 0.15) is 5.69 Å². The number of furan rings is 1. The molecule has 0 radical (unpaired) electrons. The molecular formula is C13H15N5O3. The molecule has 0 aliphatic heterocycles. The number of amides is 1. The number of hydrogen-bond acceptors (Lipinski definition) is 6. The number of hydrogen-bond donors (Lipinski definition) is 1. The van der Waals surface area contributed by atoms with Gasteiger partial charge in [0.2, 0.25) is 12.2 Å². The maximum atomic E-state index is 9.77. The van der Waals surface area contributed by atoms with Crippen molar-refractivity contribution in [2.24, 2.45) is 0 Å². The lowest BCUT2D eigenvalue weighted by molar-refractivity contribution is -0.109. The van der Waals surface area contributed by atoms with Gasteiger partial charge in [-0.1, -0.05) is 5.16 Å². The van der Waals surface area contributed by atoms with Crippen LogP contribution in [-0.2, 0) is 11.3 Å². The lowest BCUT2D eigenvalue weighted by Gasteiger charge is -1.96. The van der Waals surface area contributed by atoms with Crippen molar-refractivity contribution >= 4 is 6.41 Å². The van der Waals surface area contributed by atoms with Gasteiger partial charge in [0.15, 0.2) is 5.76 Å². The van der Waals surface area contributed by atoms with Crippen LogP contribution in [0.5, 0.6) is 0 Å². The van der Waals surface area contributed by atoms with Crippen LogP contribution in [0.25, 0.3) is 11.5 Å². The molecule has 0 atom stereocenters. The van der Waals surface area contributed by atoms with Gasteiger partial charge in [0.1, 0.15) is 0 Å². The fourth-order valence-corrected chi connectivity index (χ4v) is 1.48. The van der Waals surface area contributed by atoms with E-state index < -0.39 is 0 Å². The number of carbonyl (C=O) groups is 1. The van der Waals surface area contributed by atoms with Gasteiger partial charge in [-0.3, -0.25) is 4.79 Å². The molecule has 0 spiro atoms. The summed E-state index contributed by atoms with van der Waals surface area (Å²) in [5.41, 5.74) is 0.858. The Kier molecular flexibility index (Phi) is 5.27. The molecule has 8 nitrogen and oxygen atoms in total. The lowest BCUT2D eigenvalue weighted by atomic mass is 10.3. The van der Waals surface area contributed by atoms with E-state index in [9.17, 15) is 4.79 Å². The van der Waals surface area contributed by atoms with E-state index in [0.29, 0.717) is 31.0 Å². The predicted molar refractivity (Wildman–Crippen MR) is 73.0 cm³/mol. The molecule has 0 saturated heterocycles. The van der Waals surface area contributed by atoms with Crippen molar-refractivity contribution in [3.63, 3.8) is 0 Å². The van der Waals surface area contributed by atoms with E-state index in [1.807, 2.05) is 25.1 Å². The van der Waals surface area contributed by atoms with Gasteiger partial charge < -0.3 is 14.3 Å². The van der Waals surface area contributed by atoms with E-state index in [1.165, 1.54) is 4.80 Å². The average molecular weight is 289 g/mol. The summed E-state index contributed by atoms with van der Waals surface area (Å²) in [6.45, 7) is 3.06. The van der Waals surface area contributed by atoms with Crippen LogP contribution in [0, 0.1) is 6.92 Å². The van der Waals surface area contributed by atoms with Crippen LogP contribution in [0.4, 0.5) is 0 Å². The van der Waals surface area contributed by atoms with Crippen molar-refractivity contribution in [3.05, 3.63) is 42.5 Å². The lowest BCUT2D eigenvalue weighted by Crippen LogP contribution is -2.19. The molecule has 110 valence electrons. The molecule has 3 aromatic heterocycles. The summed E-state index contributed by atoms with van der Waals surface area (Å²) in [6.07, 6.45) is 5.46. The molecule has 3 heterocycles. The van der Waals surface area contributed by atoms with Gasteiger partial charge in [-0.15, -0.1) is 0 Å². The minimum Gasteiger partial charge on any atom is -0.461 e. The van der Waals surface area contributed by atoms with Crippen molar-refractivity contribution in [1.29, 1.82) is 0 Å². The number of nitrogens with zero attached hydrogens (tertiary/aromatic N) is 4. The second-order valence-corrected chi connectivity index (χ2v) is 4.01. The van der Waals surface area contributed by atoms with E-state index in [0.717, 1.165) is 5.69 Å². The maximum absolute atomic E-state index is 9.77. The highest BCUT2D eigenvalue weighted by molar-refractivity contribution is 5.49. The first-order chi connectivity index (χ1) is 10.3. The summed E-state index contributed by atoms with van der Waals surface area (Å²) in [5.74, 6) is 1.39. The van der Waals surface area contributed by atoms with Gasteiger partial charge in [-0.05, 0) is 19.1 Å². The van der Waals surface area contributed by atoms with E-state index >= 15 is 0 Å². The molecule has 8 heteroatoms. The number of nitrogens with one attached hydrogen (secondary N) is 1. The fourth-order valence-electron chi connectivity index (χ4n) is 1.48. The van der Waals surface area contributed by atoms with Crippen LogP contribution in [0.2, 0.25) is 0 Å². The minimum atomic E-state index is 0.568. The summed E-state index contributed by atoms with van der Waals surface area (Å²) in [4.78, 5) is 11.3. The zero-order valence-electron chi connectivity index (χ0n) is 11.5. The smallest absolute Gasteiger partial charge is 0.207 e. The van der Waals surface area contributed by atoms with Gasteiger partial charge in [0, 0.05) is 12.6 Å². The topological polar surface area (TPSA) is 99.0 Å². The Bertz CT molecular complexity index is 631. The highest BCUT2D eigenvalue weighted by atomic mass is 16.5. The van der Waals surface area contributed by atoms with E-state index in [1.54, 1.807) is 18.7 Å². The molecule has 1 amide bonds. The van der Waals surface area contributed by atoms with Gasteiger partial charge >= 0.3 is 0 Å². The Balaban J connectivity index is 0.000000155. The molecule has 3 aromatic rings. The van der Waals surface area contributed by atoms with Crippen molar-refractivity contribution in [3.8, 4) is 11.5 Å². The van der Waals surface area contributed by atoms with Crippen LogP contribution >= 0.6 is 0 Å². The van der Waals surface area contributed by atoms with Crippen molar-refractivity contribution in [2.75, 3.05) is 6.54 Å². The third kappa shape index (κ3) is 4.60. The highest BCUT2D eigenvalue weighted by Gasteiger charge is 2.05. The van der Waals surface area contributed by atoms with Gasteiger partial charge in [-0.25, -0.2) is 0 Å². The third-order valence-electron chi connectivity index (χ3n) is 2.40. The quantitative estimate of drug-likeness (QED) is 0.561. The van der Waals surface area contributed by atoms with Gasteiger partial charge in [0.25, 0.3) is 0 Å². The average Bonchev–Trinajstić information content (AvgIpc) is 3.21. The highest BCUT2D eigenvalue weighted by Crippen LogP contribution is 2.19. The first kappa shape index (κ1) is 14.5. The monoisotopic (exact) mass is 289 g/mol. The maximum Gasteiger partial charge on any atom is 0.207 e. The first-order valence-corrected chi connectivity index (χ1v) is 6.28. The molecular weight excluding hydrogens is 274 g/mol. The third-order valence-corrected chi connectivity index (χ3v) is 2.40. The number of aromatic nitrogens is 4. The molecule has 21 heavy (non-hydrogen) atoms. The fraction of sp³-hybridized carbons (Fsp3) is 0.231. The summed E-state index contributed by atoms with van der Waals surface area (Å²) >= 11 is 0. The summed E-state index contributed by atoms with van der Waals surface area (Å²) < 4.78 is 10.1. The summed E-state index contributed by atoms with van der Waals surface area (Å²) in [7, 11) is 0. The molecule has 0 aliphatic rings. The minimum absolute atomic E-state index is 0.568. The van der Waals surface area contributed by atoms with E-state index in [-0.39, 0.29) is 0 Å². The van der Waals surface area contributed by atoms with Crippen LogP contribution in [-0.4, -0.2) is 33.1 Å². The Morgan fingerprint density at radius 1 is 1.33 bits per heavy atom.